The van der Waals surface area contributed by atoms with Crippen molar-refractivity contribution >= 4 is 11.4 Å². The van der Waals surface area contributed by atoms with Crippen LogP contribution >= 0.6 is 0 Å². The highest BCUT2D eigenvalue weighted by molar-refractivity contribution is 5.59. The zero-order valence-corrected chi connectivity index (χ0v) is 11.6. The molecule has 1 aliphatic rings. The standard InChI is InChI=1S/C14H20N2O3/c1-9-7-14(16(17)18)10(2)6-13(9)15-8-12-5-4-11(3)19-12/h6-7,11-12,15H,4-5,8H2,1-3H3. The van der Waals surface area contributed by atoms with E-state index in [0.29, 0.717) is 11.7 Å². The molecule has 0 saturated carbocycles. The average Bonchev–Trinajstić information content (AvgIpc) is 2.75. The van der Waals surface area contributed by atoms with Gasteiger partial charge in [0.25, 0.3) is 5.69 Å². The summed E-state index contributed by atoms with van der Waals surface area (Å²) in [7, 11) is 0. The zero-order valence-electron chi connectivity index (χ0n) is 11.6. The van der Waals surface area contributed by atoms with Gasteiger partial charge in [-0.05, 0) is 45.2 Å². The Kier molecular flexibility index (Phi) is 4.04. The molecular weight excluding hydrogens is 244 g/mol. The number of rotatable bonds is 4. The van der Waals surface area contributed by atoms with Gasteiger partial charge in [0.1, 0.15) is 0 Å². The predicted octanol–water partition coefficient (Wildman–Crippen LogP) is 3.19. The van der Waals surface area contributed by atoms with E-state index >= 15 is 0 Å². The summed E-state index contributed by atoms with van der Waals surface area (Å²) in [5.74, 6) is 0. The molecule has 5 heteroatoms. The fourth-order valence-electron chi connectivity index (χ4n) is 2.45. The minimum Gasteiger partial charge on any atom is -0.382 e. The van der Waals surface area contributed by atoms with E-state index in [0.717, 1.165) is 30.6 Å². The van der Waals surface area contributed by atoms with Gasteiger partial charge in [0.05, 0.1) is 17.1 Å². The summed E-state index contributed by atoms with van der Waals surface area (Å²) in [5.41, 5.74) is 2.70. The van der Waals surface area contributed by atoms with Gasteiger partial charge in [-0.2, -0.15) is 0 Å². The first kappa shape index (κ1) is 13.8. The largest absolute Gasteiger partial charge is 0.382 e. The summed E-state index contributed by atoms with van der Waals surface area (Å²) in [6.07, 6.45) is 2.75. The van der Waals surface area contributed by atoms with Crippen LogP contribution in [0.15, 0.2) is 12.1 Å². The Bertz CT molecular complexity index is 488. The molecule has 1 aromatic carbocycles. The first-order valence-electron chi connectivity index (χ1n) is 6.62. The molecule has 1 N–H and O–H groups in total. The lowest BCUT2D eigenvalue weighted by Gasteiger charge is -2.15. The van der Waals surface area contributed by atoms with E-state index in [1.54, 1.807) is 13.0 Å². The number of nitrogens with one attached hydrogen (secondary N) is 1. The molecule has 2 atom stereocenters. The summed E-state index contributed by atoms with van der Waals surface area (Å²) in [4.78, 5) is 10.5. The second kappa shape index (κ2) is 5.57. The van der Waals surface area contributed by atoms with Gasteiger partial charge < -0.3 is 10.1 Å². The van der Waals surface area contributed by atoms with Gasteiger partial charge in [-0.3, -0.25) is 10.1 Å². The lowest BCUT2D eigenvalue weighted by atomic mass is 10.1. The Morgan fingerprint density at radius 2 is 2.11 bits per heavy atom. The lowest BCUT2D eigenvalue weighted by molar-refractivity contribution is -0.385. The van der Waals surface area contributed by atoms with Gasteiger partial charge in [-0.25, -0.2) is 0 Å². The second-order valence-electron chi connectivity index (χ2n) is 5.24. The van der Waals surface area contributed by atoms with Crippen molar-refractivity contribution in [2.45, 2.75) is 45.8 Å². The average molecular weight is 264 g/mol. The summed E-state index contributed by atoms with van der Waals surface area (Å²) in [6.45, 7) is 6.48. The van der Waals surface area contributed by atoms with Crippen LogP contribution in [0.5, 0.6) is 0 Å². The molecule has 0 aliphatic carbocycles. The van der Waals surface area contributed by atoms with Crippen LogP contribution in [0.4, 0.5) is 11.4 Å². The molecule has 1 saturated heterocycles. The van der Waals surface area contributed by atoms with Gasteiger partial charge in [0.15, 0.2) is 0 Å². The highest BCUT2D eigenvalue weighted by Gasteiger charge is 2.21. The van der Waals surface area contributed by atoms with Gasteiger partial charge in [0.2, 0.25) is 0 Å². The molecule has 1 aliphatic heterocycles. The summed E-state index contributed by atoms with van der Waals surface area (Å²) < 4.78 is 5.74. The quantitative estimate of drug-likeness (QED) is 0.670. The maximum absolute atomic E-state index is 10.9. The number of ether oxygens (including phenoxy) is 1. The third kappa shape index (κ3) is 3.23. The van der Waals surface area contributed by atoms with Crippen LogP contribution < -0.4 is 5.32 Å². The van der Waals surface area contributed by atoms with Crippen molar-refractivity contribution in [3.05, 3.63) is 33.4 Å². The van der Waals surface area contributed by atoms with E-state index in [9.17, 15) is 10.1 Å². The molecule has 0 amide bonds. The normalized spacial score (nSPS) is 22.5. The number of hydrogen-bond acceptors (Lipinski definition) is 4. The van der Waals surface area contributed by atoms with Crippen LogP contribution in [0, 0.1) is 24.0 Å². The maximum Gasteiger partial charge on any atom is 0.272 e. The van der Waals surface area contributed by atoms with Gasteiger partial charge in [-0.1, -0.05) is 0 Å². The Balaban J connectivity index is 2.04. The Hall–Kier alpha value is -1.62. The van der Waals surface area contributed by atoms with Crippen LogP contribution in [-0.4, -0.2) is 23.7 Å². The molecule has 1 fully saturated rings. The van der Waals surface area contributed by atoms with E-state index in [1.165, 1.54) is 0 Å². The fourth-order valence-corrected chi connectivity index (χ4v) is 2.45. The van der Waals surface area contributed by atoms with Crippen molar-refractivity contribution in [3.8, 4) is 0 Å². The van der Waals surface area contributed by atoms with Crippen molar-refractivity contribution in [2.75, 3.05) is 11.9 Å². The molecule has 0 spiro atoms. The van der Waals surface area contributed by atoms with Crippen LogP contribution in [0.25, 0.3) is 0 Å². The monoisotopic (exact) mass is 264 g/mol. The lowest BCUT2D eigenvalue weighted by Crippen LogP contribution is -2.20. The summed E-state index contributed by atoms with van der Waals surface area (Å²) in [6, 6.07) is 3.46. The molecule has 0 bridgehead atoms. The number of nitro groups is 1. The van der Waals surface area contributed by atoms with Crippen molar-refractivity contribution in [2.24, 2.45) is 0 Å². The van der Waals surface area contributed by atoms with Crippen LogP contribution in [0.1, 0.15) is 30.9 Å². The smallest absolute Gasteiger partial charge is 0.272 e. The minimum absolute atomic E-state index is 0.175. The molecule has 104 valence electrons. The SMILES string of the molecule is Cc1cc([N+](=O)[O-])c(C)cc1NCC1CCC(C)O1. The van der Waals surface area contributed by atoms with Gasteiger partial charge in [0, 0.05) is 23.9 Å². The molecule has 2 unspecified atom stereocenters. The van der Waals surface area contributed by atoms with Gasteiger partial charge in [-0.15, -0.1) is 0 Å². The molecule has 0 aromatic heterocycles. The number of aryl methyl sites for hydroxylation is 2. The highest BCUT2D eigenvalue weighted by Crippen LogP contribution is 2.27. The van der Waals surface area contributed by atoms with Crippen LogP contribution in [-0.2, 0) is 4.74 Å². The Morgan fingerprint density at radius 1 is 1.37 bits per heavy atom. The fraction of sp³-hybridized carbons (Fsp3) is 0.571. The second-order valence-corrected chi connectivity index (χ2v) is 5.24. The van der Waals surface area contributed by atoms with Crippen LogP contribution in [0.3, 0.4) is 0 Å². The number of hydrogen-bond donors (Lipinski definition) is 1. The number of nitro benzene ring substituents is 1. The zero-order chi connectivity index (χ0) is 14.0. The number of anilines is 1. The van der Waals surface area contributed by atoms with E-state index < -0.39 is 0 Å². The first-order chi connectivity index (χ1) is 8.97. The van der Waals surface area contributed by atoms with Crippen molar-refractivity contribution in [1.82, 2.24) is 0 Å². The van der Waals surface area contributed by atoms with Crippen molar-refractivity contribution in [1.29, 1.82) is 0 Å². The van der Waals surface area contributed by atoms with Crippen LogP contribution in [0.2, 0.25) is 0 Å². The maximum atomic E-state index is 10.9. The molecule has 2 rings (SSSR count). The summed E-state index contributed by atoms with van der Waals surface area (Å²) in [5, 5.41) is 14.2. The third-order valence-corrected chi connectivity index (χ3v) is 3.58. The van der Waals surface area contributed by atoms with E-state index in [2.05, 4.69) is 12.2 Å². The molecule has 5 nitrogen and oxygen atoms in total. The Morgan fingerprint density at radius 3 is 2.68 bits per heavy atom. The van der Waals surface area contributed by atoms with Crippen molar-refractivity contribution < 1.29 is 9.66 Å². The van der Waals surface area contributed by atoms with Gasteiger partial charge >= 0.3 is 0 Å². The van der Waals surface area contributed by atoms with E-state index in [4.69, 9.17) is 4.74 Å². The minimum atomic E-state index is -0.339. The predicted molar refractivity (Wildman–Crippen MR) is 74.6 cm³/mol. The molecule has 19 heavy (non-hydrogen) atoms. The third-order valence-electron chi connectivity index (χ3n) is 3.58. The topological polar surface area (TPSA) is 64.4 Å². The first-order valence-corrected chi connectivity index (χ1v) is 6.62. The van der Waals surface area contributed by atoms with Crippen molar-refractivity contribution in [3.63, 3.8) is 0 Å². The summed E-state index contributed by atoms with van der Waals surface area (Å²) >= 11 is 0. The molecule has 1 heterocycles. The highest BCUT2D eigenvalue weighted by atomic mass is 16.6. The molecule has 0 radical (unpaired) electrons. The Labute approximate surface area is 113 Å². The van der Waals surface area contributed by atoms with E-state index in [1.807, 2.05) is 13.0 Å². The number of nitrogens with zero attached hydrogens (tertiary/aromatic N) is 1. The number of benzene rings is 1. The molecular formula is C14H20N2O3. The van der Waals surface area contributed by atoms with E-state index in [-0.39, 0.29) is 16.7 Å². The molecule has 1 aromatic rings.